The van der Waals surface area contributed by atoms with Crippen molar-refractivity contribution in [1.82, 2.24) is 19.6 Å². The summed E-state index contributed by atoms with van der Waals surface area (Å²) in [5.41, 5.74) is 1.35. The van der Waals surface area contributed by atoms with Crippen molar-refractivity contribution >= 4 is 35.8 Å². The van der Waals surface area contributed by atoms with Crippen LogP contribution in [0, 0.1) is 5.92 Å². The van der Waals surface area contributed by atoms with Gasteiger partial charge in [-0.25, -0.2) is 14.4 Å². The number of hydrogen-bond donors (Lipinski definition) is 0. The van der Waals surface area contributed by atoms with Gasteiger partial charge in [0.2, 0.25) is 11.8 Å². The largest absolute Gasteiger partial charge is 0.468 e. The third-order valence-electron chi connectivity index (χ3n) is 7.62. The molecular formula is C28H28N4O8. The molecule has 12 heteroatoms. The van der Waals surface area contributed by atoms with E-state index in [4.69, 9.17) is 9.47 Å². The quantitative estimate of drug-likeness (QED) is 0.474. The van der Waals surface area contributed by atoms with Crippen LogP contribution in [0.3, 0.4) is 0 Å². The molecule has 2 aromatic rings. The molecule has 5 rings (SSSR count). The van der Waals surface area contributed by atoms with E-state index in [1.54, 1.807) is 60.7 Å². The van der Waals surface area contributed by atoms with Crippen molar-refractivity contribution in [3.05, 3.63) is 71.8 Å². The van der Waals surface area contributed by atoms with Gasteiger partial charge in [-0.05, 0) is 11.1 Å². The number of imide groups is 2. The zero-order valence-electron chi connectivity index (χ0n) is 22.0. The maximum absolute atomic E-state index is 14.0. The van der Waals surface area contributed by atoms with Crippen molar-refractivity contribution in [1.29, 1.82) is 0 Å². The molecule has 0 aromatic heterocycles. The molecule has 4 unspecified atom stereocenters. The Morgan fingerprint density at radius 1 is 0.800 bits per heavy atom. The van der Waals surface area contributed by atoms with Gasteiger partial charge in [0.25, 0.3) is 0 Å². The second-order valence-corrected chi connectivity index (χ2v) is 9.81. The predicted octanol–water partition coefficient (Wildman–Crippen LogP) is 1.39. The standard InChI is InChI=1S/C28H28N4O8/c1-39-21(34)16-30-23-22(25(35)31(27(30)37)15-18-11-7-4-8-12-18)19-13-20(33)29(14-17-9-5-3-6-10-17)28(38)32(19)24(23)26(36)40-2/h3-12,19,22-24H,13-16H2,1-2H3. The van der Waals surface area contributed by atoms with Gasteiger partial charge >= 0.3 is 24.0 Å². The third-order valence-corrected chi connectivity index (χ3v) is 7.62. The minimum absolute atomic E-state index is 0.0379. The molecule has 0 N–H and O–H groups in total. The number of urea groups is 2. The Bertz CT molecular complexity index is 1350. The van der Waals surface area contributed by atoms with E-state index in [9.17, 15) is 28.8 Å². The van der Waals surface area contributed by atoms with Gasteiger partial charge in [-0.15, -0.1) is 0 Å². The summed E-state index contributed by atoms with van der Waals surface area (Å²) in [7, 11) is 2.28. The summed E-state index contributed by atoms with van der Waals surface area (Å²) in [6.45, 7) is -0.708. The lowest BCUT2D eigenvalue weighted by Gasteiger charge is -2.42. The molecule has 0 aliphatic carbocycles. The number of benzene rings is 2. The molecule has 3 aliphatic rings. The van der Waals surface area contributed by atoms with E-state index in [-0.39, 0.29) is 19.5 Å². The topological polar surface area (TPSA) is 134 Å². The van der Waals surface area contributed by atoms with Crippen molar-refractivity contribution in [2.45, 2.75) is 37.6 Å². The van der Waals surface area contributed by atoms with Crippen molar-refractivity contribution in [3.8, 4) is 0 Å². The average Bonchev–Trinajstić information content (AvgIpc) is 3.31. The molecule has 3 heterocycles. The van der Waals surface area contributed by atoms with Crippen LogP contribution in [-0.2, 0) is 41.7 Å². The van der Waals surface area contributed by atoms with Gasteiger partial charge in [0, 0.05) is 6.42 Å². The molecule has 12 nitrogen and oxygen atoms in total. The fourth-order valence-electron chi connectivity index (χ4n) is 5.80. The molecule has 3 fully saturated rings. The summed E-state index contributed by atoms with van der Waals surface area (Å²) in [6.07, 6.45) is -0.252. The second kappa shape index (κ2) is 10.8. The molecule has 2 aromatic carbocycles. The average molecular weight is 549 g/mol. The first-order valence-corrected chi connectivity index (χ1v) is 12.7. The molecule has 40 heavy (non-hydrogen) atoms. The van der Waals surface area contributed by atoms with Crippen LogP contribution in [0.15, 0.2) is 60.7 Å². The molecule has 0 saturated carbocycles. The van der Waals surface area contributed by atoms with E-state index in [0.717, 1.165) is 28.9 Å². The maximum atomic E-state index is 14.0. The highest BCUT2D eigenvalue weighted by Crippen LogP contribution is 2.43. The van der Waals surface area contributed by atoms with Gasteiger partial charge < -0.3 is 19.3 Å². The Labute approximate surface area is 230 Å². The molecule has 4 atom stereocenters. The summed E-state index contributed by atoms with van der Waals surface area (Å²) in [5, 5.41) is 0. The van der Waals surface area contributed by atoms with Gasteiger partial charge in [-0.1, -0.05) is 60.7 Å². The molecule has 6 amide bonds. The zero-order chi connectivity index (χ0) is 28.6. The number of fused-ring (bicyclic) bond motifs is 3. The normalized spacial score (nSPS) is 24.1. The van der Waals surface area contributed by atoms with Gasteiger partial charge in [0.1, 0.15) is 6.54 Å². The SMILES string of the molecule is COC(=O)CN1C(=O)N(Cc2ccccc2)C(=O)C2C1C(C(=O)OC)N1C(=O)N(Cc3ccccc3)C(=O)CC21. The summed E-state index contributed by atoms with van der Waals surface area (Å²) >= 11 is 0. The molecule has 0 radical (unpaired) electrons. The summed E-state index contributed by atoms with van der Waals surface area (Å²) in [6, 6.07) is 12.4. The van der Waals surface area contributed by atoms with Crippen LogP contribution in [0.5, 0.6) is 0 Å². The van der Waals surface area contributed by atoms with Crippen LogP contribution < -0.4 is 0 Å². The monoisotopic (exact) mass is 548 g/mol. The number of rotatable bonds is 7. The fourth-order valence-corrected chi connectivity index (χ4v) is 5.80. The molecule has 0 bridgehead atoms. The molecular weight excluding hydrogens is 520 g/mol. The Balaban J connectivity index is 1.57. The van der Waals surface area contributed by atoms with Crippen molar-refractivity contribution in [2.24, 2.45) is 5.92 Å². The Morgan fingerprint density at radius 3 is 1.93 bits per heavy atom. The molecule has 3 saturated heterocycles. The Hall–Kier alpha value is -4.74. The van der Waals surface area contributed by atoms with Crippen LogP contribution in [0.2, 0.25) is 0 Å². The fraction of sp³-hybridized carbons (Fsp3) is 0.357. The number of nitrogens with zero attached hydrogens (tertiary/aromatic N) is 4. The molecule has 208 valence electrons. The molecule has 0 spiro atoms. The maximum Gasteiger partial charge on any atom is 0.330 e. The van der Waals surface area contributed by atoms with Crippen LogP contribution in [0.25, 0.3) is 0 Å². The van der Waals surface area contributed by atoms with Crippen LogP contribution >= 0.6 is 0 Å². The summed E-state index contributed by atoms with van der Waals surface area (Å²) in [4.78, 5) is 84.7. The van der Waals surface area contributed by atoms with E-state index in [2.05, 4.69) is 0 Å². The van der Waals surface area contributed by atoms with E-state index < -0.39 is 66.4 Å². The first-order chi connectivity index (χ1) is 19.3. The number of carbonyl (C=O) groups is 6. The van der Waals surface area contributed by atoms with Gasteiger partial charge in [-0.3, -0.25) is 24.2 Å². The van der Waals surface area contributed by atoms with E-state index in [1.807, 2.05) is 0 Å². The third kappa shape index (κ3) is 4.55. The number of ether oxygens (including phenoxy) is 2. The molecule has 3 aliphatic heterocycles. The van der Waals surface area contributed by atoms with E-state index in [0.29, 0.717) is 11.1 Å². The van der Waals surface area contributed by atoms with Crippen LogP contribution in [0.4, 0.5) is 9.59 Å². The summed E-state index contributed by atoms with van der Waals surface area (Å²) < 4.78 is 9.82. The first-order valence-electron chi connectivity index (χ1n) is 12.7. The number of methoxy groups -OCH3 is 2. The number of esters is 2. The minimum Gasteiger partial charge on any atom is -0.468 e. The smallest absolute Gasteiger partial charge is 0.330 e. The van der Waals surface area contributed by atoms with Crippen LogP contribution in [0.1, 0.15) is 17.5 Å². The van der Waals surface area contributed by atoms with Crippen LogP contribution in [-0.4, -0.2) is 94.3 Å². The van der Waals surface area contributed by atoms with Gasteiger partial charge in [0.15, 0.2) is 6.04 Å². The highest BCUT2D eigenvalue weighted by atomic mass is 16.5. The zero-order valence-corrected chi connectivity index (χ0v) is 22.0. The van der Waals surface area contributed by atoms with E-state index >= 15 is 0 Å². The number of hydrogen-bond acceptors (Lipinski definition) is 8. The predicted molar refractivity (Wildman–Crippen MR) is 137 cm³/mol. The highest BCUT2D eigenvalue weighted by Gasteiger charge is 2.66. The first kappa shape index (κ1) is 26.9. The van der Waals surface area contributed by atoms with E-state index in [1.165, 1.54) is 4.90 Å². The number of amides is 6. The lowest BCUT2D eigenvalue weighted by Crippen LogP contribution is -2.65. The number of carbonyl (C=O) groups excluding carboxylic acids is 6. The Morgan fingerprint density at radius 2 is 1.38 bits per heavy atom. The lowest BCUT2D eigenvalue weighted by molar-refractivity contribution is -0.151. The second-order valence-electron chi connectivity index (χ2n) is 9.81. The lowest BCUT2D eigenvalue weighted by atomic mass is 9.86. The Kier molecular flexibility index (Phi) is 7.24. The van der Waals surface area contributed by atoms with Crippen molar-refractivity contribution in [2.75, 3.05) is 20.8 Å². The van der Waals surface area contributed by atoms with Crippen molar-refractivity contribution < 1.29 is 38.2 Å². The van der Waals surface area contributed by atoms with Gasteiger partial charge in [0.05, 0.1) is 45.3 Å². The minimum atomic E-state index is -1.42. The summed E-state index contributed by atoms with van der Waals surface area (Å²) in [5.74, 6) is -3.95. The van der Waals surface area contributed by atoms with Gasteiger partial charge in [-0.2, -0.15) is 0 Å². The highest BCUT2D eigenvalue weighted by molar-refractivity contribution is 6.05. The van der Waals surface area contributed by atoms with Crippen molar-refractivity contribution in [3.63, 3.8) is 0 Å².